The molecule has 3 aliphatic rings. The Morgan fingerprint density at radius 2 is 1.93 bits per heavy atom. The average molecular weight is 439 g/mol. The van der Waals surface area contributed by atoms with Crippen LogP contribution in [0.1, 0.15) is 32.1 Å². The summed E-state index contributed by atoms with van der Waals surface area (Å²) in [5.74, 6) is 5.24. The van der Waals surface area contributed by atoms with E-state index in [1.54, 1.807) is 18.2 Å². The quantitative estimate of drug-likeness (QED) is 0.136. The van der Waals surface area contributed by atoms with Gasteiger partial charge >= 0.3 is 6.18 Å². The Bertz CT molecular complexity index is 564. The van der Waals surface area contributed by atoms with Crippen LogP contribution in [0.3, 0.4) is 0 Å². The van der Waals surface area contributed by atoms with Crippen LogP contribution in [0.5, 0.6) is 0 Å². The SMILES string of the molecule is C=CCNCC1CNC(C2CCC(F)CC2)CC1N(C)O[N+]1(N)CC(C(F)(F)F)C1. The molecule has 0 aromatic rings. The maximum absolute atomic E-state index is 13.5. The van der Waals surface area contributed by atoms with Crippen LogP contribution in [0.25, 0.3) is 0 Å². The summed E-state index contributed by atoms with van der Waals surface area (Å²) in [4.78, 5) is 5.84. The molecule has 0 aromatic heterocycles. The van der Waals surface area contributed by atoms with Crippen molar-refractivity contribution >= 4 is 0 Å². The zero-order valence-electron chi connectivity index (χ0n) is 17.7. The number of nitrogens with zero attached hydrogens (tertiary/aromatic N) is 2. The fraction of sp³-hybridized carbons (Fsp3) is 0.900. The minimum absolute atomic E-state index is 0.000141. The number of rotatable bonds is 8. The summed E-state index contributed by atoms with van der Waals surface area (Å²) < 4.78 is 51.6. The summed E-state index contributed by atoms with van der Waals surface area (Å²) in [6.07, 6.45) is 0.575. The lowest BCUT2D eigenvalue weighted by molar-refractivity contribution is -1.17. The van der Waals surface area contributed by atoms with Crippen molar-refractivity contribution < 1.29 is 27.3 Å². The van der Waals surface area contributed by atoms with E-state index in [4.69, 9.17) is 10.8 Å². The van der Waals surface area contributed by atoms with Gasteiger partial charge in [0.25, 0.3) is 0 Å². The Hall–Kier alpha value is -0.780. The topological polar surface area (TPSA) is 62.5 Å². The Morgan fingerprint density at radius 3 is 2.53 bits per heavy atom. The molecule has 0 aromatic carbocycles. The second-order valence-electron chi connectivity index (χ2n) is 9.22. The van der Waals surface area contributed by atoms with Gasteiger partial charge in [-0.25, -0.2) is 4.39 Å². The number of hydroxylamine groups is 4. The average Bonchev–Trinajstić information content (AvgIpc) is 2.66. The van der Waals surface area contributed by atoms with Gasteiger partial charge in [0, 0.05) is 44.7 Å². The molecule has 1 saturated carbocycles. The number of halogens is 4. The third-order valence-electron chi connectivity index (χ3n) is 6.93. The van der Waals surface area contributed by atoms with Gasteiger partial charge in [0.1, 0.15) is 19.3 Å². The molecule has 3 rings (SSSR count). The van der Waals surface area contributed by atoms with Crippen LogP contribution in [0.15, 0.2) is 12.7 Å². The molecule has 0 bridgehead atoms. The number of piperidine rings is 1. The minimum Gasteiger partial charge on any atom is -0.313 e. The van der Waals surface area contributed by atoms with Crippen LogP contribution in [-0.2, 0) is 4.94 Å². The molecule has 2 aliphatic heterocycles. The molecule has 0 amide bonds. The predicted molar refractivity (Wildman–Crippen MR) is 106 cm³/mol. The van der Waals surface area contributed by atoms with Crippen LogP contribution < -0.4 is 16.5 Å². The van der Waals surface area contributed by atoms with Gasteiger partial charge in [0.05, 0.1) is 0 Å². The van der Waals surface area contributed by atoms with Crippen LogP contribution >= 0.6 is 0 Å². The summed E-state index contributed by atoms with van der Waals surface area (Å²) in [5.41, 5.74) is 0. The highest BCUT2D eigenvalue weighted by Gasteiger charge is 2.59. The maximum Gasteiger partial charge on any atom is 0.403 e. The molecule has 3 atom stereocenters. The van der Waals surface area contributed by atoms with Gasteiger partial charge in [0.2, 0.25) is 0 Å². The van der Waals surface area contributed by atoms with Gasteiger partial charge in [-0.1, -0.05) is 15.8 Å². The number of alkyl halides is 4. The lowest BCUT2D eigenvalue weighted by atomic mass is 9.77. The van der Waals surface area contributed by atoms with Crippen molar-refractivity contribution in [2.75, 3.05) is 39.8 Å². The fourth-order valence-corrected chi connectivity index (χ4v) is 5.12. The number of nitrogens with one attached hydrogen (secondary N) is 2. The maximum atomic E-state index is 13.5. The van der Waals surface area contributed by atoms with Gasteiger partial charge < -0.3 is 10.6 Å². The molecule has 2 saturated heterocycles. The van der Waals surface area contributed by atoms with E-state index in [2.05, 4.69) is 17.2 Å². The molecule has 6 nitrogen and oxygen atoms in total. The van der Waals surface area contributed by atoms with E-state index in [0.717, 1.165) is 32.4 Å². The van der Waals surface area contributed by atoms with Crippen molar-refractivity contribution in [2.45, 2.75) is 56.5 Å². The van der Waals surface area contributed by atoms with Crippen molar-refractivity contribution in [3.63, 3.8) is 0 Å². The normalized spacial score (nSPS) is 40.2. The number of nitrogens with two attached hydrogens (primary N) is 1. The Kier molecular flexibility index (Phi) is 7.79. The highest BCUT2D eigenvalue weighted by molar-refractivity contribution is 4.93. The first-order valence-corrected chi connectivity index (χ1v) is 11.0. The Morgan fingerprint density at radius 1 is 1.27 bits per heavy atom. The van der Waals surface area contributed by atoms with Crippen molar-refractivity contribution in [3.05, 3.63) is 12.7 Å². The monoisotopic (exact) mass is 438 g/mol. The molecule has 0 spiro atoms. The lowest BCUT2D eigenvalue weighted by Gasteiger charge is -2.48. The van der Waals surface area contributed by atoms with Crippen LogP contribution in [0.4, 0.5) is 17.6 Å². The first kappa shape index (κ1) is 23.9. The molecule has 174 valence electrons. The highest BCUT2D eigenvalue weighted by atomic mass is 19.4. The van der Waals surface area contributed by atoms with Crippen molar-refractivity contribution in [1.29, 1.82) is 0 Å². The molecule has 2 heterocycles. The van der Waals surface area contributed by atoms with E-state index < -0.39 is 23.0 Å². The number of hydrogen-bond acceptors (Lipinski definition) is 5. The van der Waals surface area contributed by atoms with Crippen molar-refractivity contribution in [3.8, 4) is 0 Å². The van der Waals surface area contributed by atoms with E-state index >= 15 is 0 Å². The summed E-state index contributed by atoms with van der Waals surface area (Å²) >= 11 is 0. The fourth-order valence-electron chi connectivity index (χ4n) is 5.12. The molecular weight excluding hydrogens is 402 g/mol. The number of quaternary nitrogens is 1. The van der Waals surface area contributed by atoms with Crippen molar-refractivity contribution in [1.82, 2.24) is 15.7 Å². The predicted octanol–water partition coefficient (Wildman–Crippen LogP) is 2.30. The Balaban J connectivity index is 1.61. The molecule has 30 heavy (non-hydrogen) atoms. The van der Waals surface area contributed by atoms with Crippen molar-refractivity contribution in [2.24, 2.45) is 23.6 Å². The standard InChI is InChI=1S/C20H36F4N5O/c1-3-8-26-10-15-11-27-18(14-4-6-17(21)7-5-14)9-19(15)28(2)30-29(25)12-16(13-29)20(22,23)24/h3,14-19,26-27H,1,4-13,25H2,2H3/q+1. The molecule has 4 N–H and O–H groups in total. The zero-order valence-corrected chi connectivity index (χ0v) is 17.7. The Labute approximate surface area is 176 Å². The second kappa shape index (κ2) is 9.79. The summed E-state index contributed by atoms with van der Waals surface area (Å²) in [7, 11) is 1.76. The molecule has 10 heteroatoms. The van der Waals surface area contributed by atoms with Gasteiger partial charge in [-0.05, 0) is 38.0 Å². The summed E-state index contributed by atoms with van der Waals surface area (Å²) in [6, 6.07) is 0.245. The van der Waals surface area contributed by atoms with Gasteiger partial charge in [-0.2, -0.15) is 13.2 Å². The third kappa shape index (κ3) is 5.92. The molecule has 3 fully saturated rings. The zero-order chi connectivity index (χ0) is 21.9. The first-order valence-electron chi connectivity index (χ1n) is 11.0. The highest BCUT2D eigenvalue weighted by Crippen LogP contribution is 2.38. The minimum atomic E-state index is -4.24. The summed E-state index contributed by atoms with van der Waals surface area (Å²) in [5, 5.41) is 8.63. The molecule has 0 radical (unpaired) electrons. The second-order valence-corrected chi connectivity index (χ2v) is 9.22. The molecule has 3 unspecified atom stereocenters. The van der Waals surface area contributed by atoms with E-state index in [-0.39, 0.29) is 31.1 Å². The lowest BCUT2D eigenvalue weighted by Crippen LogP contribution is -2.73. The van der Waals surface area contributed by atoms with E-state index in [1.165, 1.54) is 0 Å². The van der Waals surface area contributed by atoms with Crippen LogP contribution in [0, 0.1) is 17.8 Å². The van der Waals surface area contributed by atoms with Gasteiger partial charge in [0.15, 0.2) is 5.92 Å². The molecular formula is C20H36F4N5O+. The third-order valence-corrected chi connectivity index (χ3v) is 6.93. The van der Waals surface area contributed by atoms with Crippen LogP contribution in [0.2, 0.25) is 0 Å². The smallest absolute Gasteiger partial charge is 0.313 e. The van der Waals surface area contributed by atoms with E-state index in [0.29, 0.717) is 25.3 Å². The number of hydrogen-bond donors (Lipinski definition) is 3. The van der Waals surface area contributed by atoms with Gasteiger partial charge in [-0.15, -0.1) is 17.5 Å². The van der Waals surface area contributed by atoms with Crippen LogP contribution in [-0.4, -0.2) is 74.0 Å². The molecule has 1 aliphatic carbocycles. The van der Waals surface area contributed by atoms with E-state index in [1.807, 2.05) is 0 Å². The van der Waals surface area contributed by atoms with Gasteiger partial charge in [-0.3, -0.25) is 0 Å². The largest absolute Gasteiger partial charge is 0.403 e. The summed E-state index contributed by atoms with van der Waals surface area (Å²) in [6.45, 7) is 5.34. The first-order chi connectivity index (χ1) is 14.1. The van der Waals surface area contributed by atoms with E-state index in [9.17, 15) is 17.6 Å².